The number of thiocarbonyl (C=S) groups is 1. The lowest BCUT2D eigenvalue weighted by Crippen LogP contribution is -2.44. The van der Waals surface area contributed by atoms with E-state index in [2.05, 4.69) is 50.6 Å². The molecule has 35 heavy (non-hydrogen) atoms. The van der Waals surface area contributed by atoms with E-state index >= 15 is 0 Å². The molecular weight excluding hydrogens is 730 g/mol. The van der Waals surface area contributed by atoms with Crippen LogP contribution in [0.25, 0.3) is 6.08 Å². The van der Waals surface area contributed by atoms with Crippen LogP contribution in [-0.4, -0.2) is 21.1 Å². The standard InChI is InChI=1S/C25H17ClI2N2O3S2/c1-14-7-8-17(18(26)9-14)23(31)29-30-24(32)21(35-25(30)34)12-16-10-19(27)22(20(28)11-16)33-13-15-5-3-2-4-6-15/h2-12H,13H2,1H3,(H,29,31)/b21-12+. The van der Waals surface area contributed by atoms with Crippen LogP contribution in [0.3, 0.4) is 0 Å². The van der Waals surface area contributed by atoms with Crippen molar-refractivity contribution in [2.24, 2.45) is 0 Å². The number of nitrogens with zero attached hydrogens (tertiary/aromatic N) is 1. The molecule has 1 aliphatic rings. The Balaban J connectivity index is 1.49. The molecule has 3 aromatic rings. The lowest BCUT2D eigenvalue weighted by Gasteiger charge is -2.16. The van der Waals surface area contributed by atoms with Gasteiger partial charge in [0.1, 0.15) is 12.4 Å². The van der Waals surface area contributed by atoms with Gasteiger partial charge in [-0.25, -0.2) is 0 Å². The topological polar surface area (TPSA) is 58.6 Å². The first-order valence-electron chi connectivity index (χ1n) is 10.2. The first kappa shape index (κ1) is 26.4. The van der Waals surface area contributed by atoms with Gasteiger partial charge in [-0.3, -0.25) is 15.0 Å². The molecule has 4 rings (SSSR count). The fourth-order valence-electron chi connectivity index (χ4n) is 3.21. The van der Waals surface area contributed by atoms with Gasteiger partial charge in [-0.1, -0.05) is 59.8 Å². The fraction of sp³-hybridized carbons (Fsp3) is 0.0800. The van der Waals surface area contributed by atoms with Crippen molar-refractivity contribution in [3.05, 3.63) is 100.0 Å². The Morgan fingerprint density at radius 2 is 1.83 bits per heavy atom. The molecule has 1 saturated heterocycles. The van der Waals surface area contributed by atoms with Crippen molar-refractivity contribution >= 4 is 103 Å². The number of carbonyl (C=O) groups is 2. The minimum Gasteiger partial charge on any atom is -0.487 e. The van der Waals surface area contributed by atoms with Crippen molar-refractivity contribution in [1.82, 2.24) is 10.4 Å². The summed E-state index contributed by atoms with van der Waals surface area (Å²) >= 11 is 17.1. The third-order valence-corrected chi connectivity index (χ3v) is 8.14. The maximum Gasteiger partial charge on any atom is 0.285 e. The predicted octanol–water partition coefficient (Wildman–Crippen LogP) is 6.98. The molecule has 0 aliphatic carbocycles. The number of hydrogen-bond donors (Lipinski definition) is 1. The van der Waals surface area contributed by atoms with Gasteiger partial charge in [0, 0.05) is 0 Å². The van der Waals surface area contributed by atoms with E-state index in [1.165, 1.54) is 0 Å². The zero-order chi connectivity index (χ0) is 25.1. The van der Waals surface area contributed by atoms with E-state index in [4.69, 9.17) is 28.6 Å². The van der Waals surface area contributed by atoms with E-state index in [0.717, 1.165) is 46.4 Å². The number of benzene rings is 3. The van der Waals surface area contributed by atoms with Crippen molar-refractivity contribution in [3.63, 3.8) is 0 Å². The van der Waals surface area contributed by atoms with Crippen LogP contribution < -0.4 is 10.2 Å². The van der Waals surface area contributed by atoms with Crippen LogP contribution in [0.4, 0.5) is 0 Å². The Kier molecular flexibility index (Phi) is 8.74. The monoisotopic (exact) mass is 746 g/mol. The van der Waals surface area contributed by atoms with Crippen molar-refractivity contribution in [2.75, 3.05) is 0 Å². The average molecular weight is 747 g/mol. The van der Waals surface area contributed by atoms with E-state index in [1.54, 1.807) is 24.3 Å². The second-order valence-corrected chi connectivity index (χ2v) is 11.9. The zero-order valence-electron chi connectivity index (χ0n) is 18.2. The summed E-state index contributed by atoms with van der Waals surface area (Å²) in [6.45, 7) is 2.35. The molecular formula is C25H17ClI2N2O3S2. The average Bonchev–Trinajstić information content (AvgIpc) is 3.06. The van der Waals surface area contributed by atoms with Gasteiger partial charge in [-0.05, 0) is 111 Å². The summed E-state index contributed by atoms with van der Waals surface area (Å²) < 4.78 is 8.13. The van der Waals surface area contributed by atoms with Gasteiger partial charge < -0.3 is 4.74 Å². The normalized spacial score (nSPS) is 14.5. The first-order valence-corrected chi connectivity index (χ1v) is 14.0. The van der Waals surface area contributed by atoms with E-state index in [0.29, 0.717) is 16.5 Å². The van der Waals surface area contributed by atoms with Gasteiger partial charge >= 0.3 is 0 Å². The molecule has 0 spiro atoms. The Labute approximate surface area is 244 Å². The smallest absolute Gasteiger partial charge is 0.285 e. The Morgan fingerprint density at radius 3 is 2.49 bits per heavy atom. The SMILES string of the molecule is Cc1ccc(C(=O)NN2C(=O)/C(=C\c3cc(I)c(OCc4ccccc4)c(I)c3)SC2=S)c(Cl)c1. The molecule has 0 aromatic heterocycles. The van der Waals surface area contributed by atoms with Gasteiger partial charge in [0.25, 0.3) is 11.8 Å². The van der Waals surface area contributed by atoms with E-state index in [-0.39, 0.29) is 9.88 Å². The minimum absolute atomic E-state index is 0.241. The number of hydrazine groups is 1. The van der Waals surface area contributed by atoms with E-state index in [9.17, 15) is 9.59 Å². The van der Waals surface area contributed by atoms with Crippen LogP contribution in [0.1, 0.15) is 27.0 Å². The summed E-state index contributed by atoms with van der Waals surface area (Å²) in [6.07, 6.45) is 1.76. The van der Waals surface area contributed by atoms with Crippen molar-refractivity contribution in [3.8, 4) is 5.75 Å². The van der Waals surface area contributed by atoms with Crippen LogP contribution in [0.2, 0.25) is 5.02 Å². The van der Waals surface area contributed by atoms with Crippen molar-refractivity contribution in [2.45, 2.75) is 13.5 Å². The summed E-state index contributed by atoms with van der Waals surface area (Å²) in [5, 5.41) is 1.39. The van der Waals surface area contributed by atoms with Gasteiger partial charge in [0.15, 0.2) is 4.32 Å². The lowest BCUT2D eigenvalue weighted by atomic mass is 10.1. The molecule has 178 valence electrons. The minimum atomic E-state index is -0.503. The maximum absolute atomic E-state index is 13.0. The number of hydrogen-bond acceptors (Lipinski definition) is 5. The largest absolute Gasteiger partial charge is 0.487 e. The number of halogens is 3. The molecule has 3 aromatic carbocycles. The number of carbonyl (C=O) groups excluding carboxylic acids is 2. The number of aryl methyl sites for hydroxylation is 1. The molecule has 0 saturated carbocycles. The molecule has 10 heteroatoms. The maximum atomic E-state index is 13.0. The quantitative estimate of drug-likeness (QED) is 0.168. The number of nitrogens with one attached hydrogen (secondary N) is 1. The van der Waals surface area contributed by atoms with Crippen LogP contribution in [0.5, 0.6) is 5.75 Å². The molecule has 1 aliphatic heterocycles. The van der Waals surface area contributed by atoms with Crippen LogP contribution in [-0.2, 0) is 11.4 Å². The van der Waals surface area contributed by atoms with Gasteiger partial charge in [0.05, 0.1) is 22.6 Å². The molecule has 5 nitrogen and oxygen atoms in total. The molecule has 2 amide bonds. The summed E-state index contributed by atoms with van der Waals surface area (Å²) in [4.78, 5) is 26.1. The van der Waals surface area contributed by atoms with Gasteiger partial charge in [-0.15, -0.1) is 0 Å². The third-order valence-electron chi connectivity index (χ3n) is 4.92. The van der Waals surface area contributed by atoms with E-state index < -0.39 is 11.8 Å². The zero-order valence-corrected chi connectivity index (χ0v) is 24.9. The van der Waals surface area contributed by atoms with Crippen molar-refractivity contribution in [1.29, 1.82) is 0 Å². The molecule has 1 fully saturated rings. The molecule has 0 bridgehead atoms. The Hall–Kier alpha value is -1.67. The molecule has 0 atom stereocenters. The van der Waals surface area contributed by atoms with Crippen LogP contribution in [0.15, 0.2) is 65.6 Å². The third kappa shape index (κ3) is 6.37. The fourth-order valence-corrected chi connectivity index (χ4v) is 6.84. The summed E-state index contributed by atoms with van der Waals surface area (Å²) in [7, 11) is 0. The highest BCUT2D eigenvalue weighted by Crippen LogP contribution is 2.35. The highest BCUT2D eigenvalue weighted by molar-refractivity contribution is 14.1. The summed E-state index contributed by atoms with van der Waals surface area (Å²) in [5.74, 6) is -0.107. The second-order valence-electron chi connectivity index (χ2n) is 7.53. The second kappa shape index (κ2) is 11.6. The predicted molar refractivity (Wildman–Crippen MR) is 161 cm³/mol. The molecule has 0 radical (unpaired) electrons. The number of thioether (sulfide) groups is 1. The first-order chi connectivity index (χ1) is 16.7. The Morgan fingerprint density at radius 1 is 1.14 bits per heavy atom. The summed E-state index contributed by atoms with van der Waals surface area (Å²) in [6, 6.07) is 18.9. The molecule has 0 unspecified atom stereocenters. The van der Waals surface area contributed by atoms with Crippen molar-refractivity contribution < 1.29 is 14.3 Å². The Bertz CT molecular complexity index is 1340. The van der Waals surface area contributed by atoms with E-state index in [1.807, 2.05) is 49.4 Å². The molecule has 1 N–H and O–H groups in total. The van der Waals surface area contributed by atoms with Crippen LogP contribution in [0, 0.1) is 14.1 Å². The van der Waals surface area contributed by atoms with Crippen LogP contribution >= 0.6 is 80.8 Å². The number of rotatable bonds is 6. The highest BCUT2D eigenvalue weighted by atomic mass is 127. The van der Waals surface area contributed by atoms with Gasteiger partial charge in [0.2, 0.25) is 0 Å². The summed E-state index contributed by atoms with van der Waals surface area (Å²) in [5.41, 5.74) is 5.69. The number of amides is 2. The molecule has 1 heterocycles. The lowest BCUT2D eigenvalue weighted by molar-refractivity contribution is -0.123. The highest BCUT2D eigenvalue weighted by Gasteiger charge is 2.34. The van der Waals surface area contributed by atoms with Gasteiger partial charge in [-0.2, -0.15) is 5.01 Å². The number of ether oxygens (including phenoxy) is 1.